The van der Waals surface area contributed by atoms with Crippen LogP contribution < -0.4 is 5.56 Å². The molecule has 0 bridgehead atoms. The topological polar surface area (TPSA) is 52.7 Å². The number of rotatable bonds is 3. The second kappa shape index (κ2) is 10.8. The van der Waals surface area contributed by atoms with E-state index in [2.05, 4.69) is 103 Å². The molecule has 0 unspecified atom stereocenters. The number of aromatic nitrogens is 4. The predicted octanol–water partition coefficient (Wildman–Crippen LogP) is 11.2. The molecule has 0 fully saturated rings. The molecule has 0 N–H and O–H groups in total. The maximum atomic E-state index is 14.5. The van der Waals surface area contributed by atoms with Gasteiger partial charge in [-0.25, -0.2) is 4.98 Å². The van der Waals surface area contributed by atoms with E-state index in [1.54, 1.807) is 4.57 Å². The molecule has 3 aromatic heterocycles. The van der Waals surface area contributed by atoms with Crippen molar-refractivity contribution in [2.75, 3.05) is 0 Å². The highest BCUT2D eigenvalue weighted by Crippen LogP contribution is 2.53. The highest BCUT2D eigenvalue weighted by atomic mass is 16.1. The highest BCUT2D eigenvalue weighted by molar-refractivity contribution is 6.14. The summed E-state index contributed by atoms with van der Waals surface area (Å²) in [5, 5.41) is 7.10. The molecule has 250 valence electrons. The van der Waals surface area contributed by atoms with Gasteiger partial charge in [0, 0.05) is 32.5 Å². The van der Waals surface area contributed by atoms with Crippen molar-refractivity contribution in [3.8, 4) is 34.0 Å². The molecule has 5 heteroatoms. The van der Waals surface area contributed by atoms with Crippen LogP contribution in [0.3, 0.4) is 0 Å². The number of hydrogen-bond acceptors (Lipinski definition) is 3. The zero-order chi connectivity index (χ0) is 35.4. The van der Waals surface area contributed by atoms with Crippen molar-refractivity contribution in [2.24, 2.45) is 0 Å². The lowest BCUT2D eigenvalue weighted by molar-refractivity contribution is 0.667. The first-order valence-electron chi connectivity index (χ1n) is 18.1. The quantitative estimate of drug-likeness (QED) is 0.175. The molecule has 3 heterocycles. The predicted molar refractivity (Wildman–Crippen MR) is 217 cm³/mol. The van der Waals surface area contributed by atoms with E-state index in [1.165, 1.54) is 33.0 Å². The van der Waals surface area contributed by atoms with Gasteiger partial charge in [-0.1, -0.05) is 135 Å². The van der Waals surface area contributed by atoms with Gasteiger partial charge in [0.15, 0.2) is 5.65 Å². The standard InChI is InChI=1S/C48H32N4O/c1-48(2)39-28-41-38(27-37(39)35-26-25-29-15-9-10-20-32(29)43(35)48)33-21-13-14-24-40(33)52(41)47-49-44(30-16-5-3-6-17-30)42-34-22-11-12-23-36(34)46(53)51(45(42)50-47)31-18-7-4-8-19-31/h3-28H,1-2H3. The summed E-state index contributed by atoms with van der Waals surface area (Å²) in [6.07, 6.45) is 0. The molecule has 1 aliphatic rings. The van der Waals surface area contributed by atoms with Gasteiger partial charge in [-0.05, 0) is 69.4 Å². The van der Waals surface area contributed by atoms with Crippen molar-refractivity contribution in [2.45, 2.75) is 19.3 Å². The molecule has 0 radical (unpaired) electrons. The van der Waals surface area contributed by atoms with Crippen molar-refractivity contribution >= 4 is 54.4 Å². The van der Waals surface area contributed by atoms with Gasteiger partial charge in [0.2, 0.25) is 5.95 Å². The molecule has 0 atom stereocenters. The monoisotopic (exact) mass is 680 g/mol. The van der Waals surface area contributed by atoms with E-state index in [0.29, 0.717) is 17.0 Å². The normalized spacial score (nSPS) is 13.3. The highest BCUT2D eigenvalue weighted by Gasteiger charge is 2.38. The maximum absolute atomic E-state index is 14.5. The lowest BCUT2D eigenvalue weighted by Crippen LogP contribution is -2.21. The molecule has 0 saturated heterocycles. The molecule has 7 aromatic carbocycles. The summed E-state index contributed by atoms with van der Waals surface area (Å²) in [7, 11) is 0. The van der Waals surface area contributed by atoms with Gasteiger partial charge < -0.3 is 0 Å². The molecule has 0 amide bonds. The summed E-state index contributed by atoms with van der Waals surface area (Å²) < 4.78 is 3.95. The van der Waals surface area contributed by atoms with Crippen molar-refractivity contribution in [3.05, 3.63) is 179 Å². The number of benzene rings is 7. The second-order valence-corrected chi connectivity index (χ2v) is 14.6. The van der Waals surface area contributed by atoms with Crippen molar-refractivity contribution in [1.82, 2.24) is 19.1 Å². The molecule has 11 rings (SSSR count). The van der Waals surface area contributed by atoms with Crippen LogP contribution in [0, 0.1) is 0 Å². The number of fused-ring (bicyclic) bond motifs is 11. The van der Waals surface area contributed by atoms with E-state index in [1.807, 2.05) is 72.8 Å². The minimum absolute atomic E-state index is 0.116. The van der Waals surface area contributed by atoms with Gasteiger partial charge >= 0.3 is 0 Å². The van der Waals surface area contributed by atoms with Crippen LogP contribution in [0.15, 0.2) is 163 Å². The fourth-order valence-electron chi connectivity index (χ4n) is 8.95. The average molecular weight is 681 g/mol. The maximum Gasteiger partial charge on any atom is 0.264 e. The van der Waals surface area contributed by atoms with Crippen LogP contribution in [0.1, 0.15) is 25.0 Å². The number of nitrogens with zero attached hydrogens (tertiary/aromatic N) is 4. The zero-order valence-electron chi connectivity index (χ0n) is 29.2. The van der Waals surface area contributed by atoms with Crippen LogP contribution in [0.4, 0.5) is 0 Å². The average Bonchev–Trinajstić information content (AvgIpc) is 3.65. The fourth-order valence-corrected chi connectivity index (χ4v) is 8.95. The van der Waals surface area contributed by atoms with Gasteiger partial charge in [-0.2, -0.15) is 4.98 Å². The third-order valence-corrected chi connectivity index (χ3v) is 11.3. The summed E-state index contributed by atoms with van der Waals surface area (Å²) in [5.41, 5.74) is 9.92. The van der Waals surface area contributed by atoms with E-state index in [9.17, 15) is 4.79 Å². The third-order valence-electron chi connectivity index (χ3n) is 11.3. The first-order chi connectivity index (χ1) is 26.0. The lowest BCUT2D eigenvalue weighted by atomic mass is 9.80. The SMILES string of the molecule is CC1(C)c2cc3c(cc2-c2ccc4ccccc4c21)c1ccccc1n3-c1nc(-c2ccccc2)c2c3ccccc3c(=O)n(-c3ccccc3)c2n1. The van der Waals surface area contributed by atoms with Crippen molar-refractivity contribution in [3.63, 3.8) is 0 Å². The molecule has 10 aromatic rings. The van der Waals surface area contributed by atoms with E-state index >= 15 is 0 Å². The number of para-hydroxylation sites is 2. The Bertz CT molecular complexity index is 3210. The first kappa shape index (κ1) is 29.8. The van der Waals surface area contributed by atoms with Crippen LogP contribution in [0.25, 0.3) is 88.4 Å². The third kappa shape index (κ3) is 4.10. The first-order valence-corrected chi connectivity index (χ1v) is 18.1. The minimum Gasteiger partial charge on any atom is -0.278 e. The number of hydrogen-bond donors (Lipinski definition) is 0. The second-order valence-electron chi connectivity index (χ2n) is 14.6. The van der Waals surface area contributed by atoms with E-state index in [4.69, 9.17) is 9.97 Å². The molecule has 5 nitrogen and oxygen atoms in total. The van der Waals surface area contributed by atoms with Crippen LogP contribution in [-0.2, 0) is 5.41 Å². The Morgan fingerprint density at radius 1 is 0.528 bits per heavy atom. The van der Waals surface area contributed by atoms with Crippen molar-refractivity contribution in [1.29, 1.82) is 0 Å². The van der Waals surface area contributed by atoms with Gasteiger partial charge in [-0.15, -0.1) is 0 Å². The summed E-state index contributed by atoms with van der Waals surface area (Å²) in [6.45, 7) is 4.68. The minimum atomic E-state index is -0.243. The number of pyridine rings is 1. The van der Waals surface area contributed by atoms with Crippen LogP contribution in [0.5, 0.6) is 0 Å². The molecular formula is C48H32N4O. The molecule has 0 spiro atoms. The Balaban J connectivity index is 1.29. The Morgan fingerprint density at radius 2 is 1.19 bits per heavy atom. The van der Waals surface area contributed by atoms with E-state index in [-0.39, 0.29) is 11.0 Å². The molecule has 0 aliphatic heterocycles. The smallest absolute Gasteiger partial charge is 0.264 e. The van der Waals surface area contributed by atoms with E-state index < -0.39 is 0 Å². The largest absolute Gasteiger partial charge is 0.278 e. The van der Waals surface area contributed by atoms with Crippen LogP contribution >= 0.6 is 0 Å². The molecule has 53 heavy (non-hydrogen) atoms. The summed E-state index contributed by atoms with van der Waals surface area (Å²) in [4.78, 5) is 25.4. The zero-order valence-corrected chi connectivity index (χ0v) is 29.2. The summed E-state index contributed by atoms with van der Waals surface area (Å²) >= 11 is 0. The molecule has 0 saturated carbocycles. The lowest BCUT2D eigenvalue weighted by Gasteiger charge is -2.23. The van der Waals surface area contributed by atoms with Gasteiger partial charge in [0.05, 0.1) is 27.8 Å². The van der Waals surface area contributed by atoms with Crippen molar-refractivity contribution < 1.29 is 0 Å². The van der Waals surface area contributed by atoms with Gasteiger partial charge in [0.1, 0.15) is 0 Å². The molecular weight excluding hydrogens is 649 g/mol. The van der Waals surface area contributed by atoms with Gasteiger partial charge in [0.25, 0.3) is 5.56 Å². The van der Waals surface area contributed by atoms with Crippen LogP contribution in [0.2, 0.25) is 0 Å². The Labute approximate surface area is 305 Å². The Kier molecular flexibility index (Phi) is 6.10. The Morgan fingerprint density at radius 3 is 1.98 bits per heavy atom. The summed E-state index contributed by atoms with van der Waals surface area (Å²) in [6, 6.07) is 54.4. The molecule has 1 aliphatic carbocycles. The van der Waals surface area contributed by atoms with E-state index in [0.717, 1.165) is 49.5 Å². The van der Waals surface area contributed by atoms with Crippen LogP contribution in [-0.4, -0.2) is 19.1 Å². The fraction of sp³-hybridized carbons (Fsp3) is 0.0625. The summed E-state index contributed by atoms with van der Waals surface area (Å²) in [5.74, 6) is 0.514. The van der Waals surface area contributed by atoms with Gasteiger partial charge in [-0.3, -0.25) is 13.9 Å². The Hall–Kier alpha value is -6.85.